The first kappa shape index (κ1) is 15.6. The molecule has 2 rings (SSSR count). The molecule has 6 nitrogen and oxygen atoms in total. The molecule has 0 aromatic heterocycles. The molecule has 1 aliphatic rings. The van der Waals surface area contributed by atoms with Crippen molar-refractivity contribution in [2.75, 3.05) is 31.3 Å². The van der Waals surface area contributed by atoms with Crippen molar-refractivity contribution in [2.45, 2.75) is 30.2 Å². The Labute approximate surface area is 125 Å². The molecule has 1 saturated carbocycles. The highest BCUT2D eigenvalue weighted by molar-refractivity contribution is 7.89. The molecule has 0 atom stereocenters. The molecule has 0 aliphatic heterocycles. The Bertz CT molecular complexity index is 660. The van der Waals surface area contributed by atoms with Gasteiger partial charge in [0.1, 0.15) is 4.90 Å². The molecule has 2 N–H and O–H groups in total. The zero-order valence-corrected chi connectivity index (χ0v) is 13.1. The lowest BCUT2D eigenvalue weighted by atomic mass is 10.2. The van der Waals surface area contributed by atoms with Crippen molar-refractivity contribution in [3.05, 3.63) is 18.2 Å². The molecule has 0 heterocycles. The van der Waals surface area contributed by atoms with E-state index in [2.05, 4.69) is 6.07 Å². The minimum absolute atomic E-state index is 0.118. The van der Waals surface area contributed by atoms with Crippen LogP contribution in [0.15, 0.2) is 23.1 Å². The van der Waals surface area contributed by atoms with Crippen LogP contribution in [0, 0.1) is 11.3 Å². The van der Waals surface area contributed by atoms with Gasteiger partial charge in [-0.1, -0.05) is 6.07 Å². The molecule has 1 fully saturated rings. The van der Waals surface area contributed by atoms with Crippen molar-refractivity contribution in [1.82, 2.24) is 4.31 Å². The fourth-order valence-electron chi connectivity index (χ4n) is 2.26. The summed E-state index contributed by atoms with van der Waals surface area (Å²) in [7, 11) is -0.609. The molecule has 21 heavy (non-hydrogen) atoms. The van der Waals surface area contributed by atoms with E-state index in [0.29, 0.717) is 24.7 Å². The Morgan fingerprint density at radius 2 is 2.05 bits per heavy atom. The molecule has 7 heteroatoms. The van der Waals surface area contributed by atoms with Crippen LogP contribution < -0.4 is 10.6 Å². The normalized spacial score (nSPS) is 15.0. The van der Waals surface area contributed by atoms with E-state index in [9.17, 15) is 8.42 Å². The van der Waals surface area contributed by atoms with Crippen LogP contribution in [0.5, 0.6) is 0 Å². The maximum atomic E-state index is 12.3. The van der Waals surface area contributed by atoms with Crippen molar-refractivity contribution in [3.63, 3.8) is 0 Å². The van der Waals surface area contributed by atoms with Crippen LogP contribution in [0.1, 0.15) is 19.3 Å². The van der Waals surface area contributed by atoms with Gasteiger partial charge in [0, 0.05) is 26.7 Å². The van der Waals surface area contributed by atoms with Crippen LogP contribution in [0.4, 0.5) is 11.4 Å². The molecular formula is C14H20N4O2S. The molecular weight excluding hydrogens is 288 g/mol. The van der Waals surface area contributed by atoms with Gasteiger partial charge in [-0.05, 0) is 25.0 Å². The molecule has 1 aliphatic carbocycles. The van der Waals surface area contributed by atoms with E-state index in [4.69, 9.17) is 11.0 Å². The fourth-order valence-corrected chi connectivity index (χ4v) is 3.29. The van der Waals surface area contributed by atoms with E-state index < -0.39 is 10.0 Å². The highest BCUT2D eigenvalue weighted by Crippen LogP contribution is 2.37. The summed E-state index contributed by atoms with van der Waals surface area (Å²) in [5.74, 6) is 0. The van der Waals surface area contributed by atoms with Gasteiger partial charge in [0.15, 0.2) is 0 Å². The van der Waals surface area contributed by atoms with E-state index in [1.807, 2.05) is 11.0 Å². The van der Waals surface area contributed by atoms with Gasteiger partial charge >= 0.3 is 0 Å². The predicted octanol–water partition coefficient (Wildman–Crippen LogP) is 1.40. The Morgan fingerprint density at radius 3 is 2.57 bits per heavy atom. The number of nitrogen functional groups attached to an aromatic ring is 1. The third kappa shape index (κ3) is 3.12. The van der Waals surface area contributed by atoms with Gasteiger partial charge in [-0.15, -0.1) is 0 Å². The second kappa shape index (κ2) is 5.92. The van der Waals surface area contributed by atoms with E-state index in [-0.39, 0.29) is 10.6 Å². The molecule has 1 aromatic carbocycles. The lowest BCUT2D eigenvalue weighted by molar-refractivity contribution is 0.521. The molecule has 0 radical (unpaired) electrons. The quantitative estimate of drug-likeness (QED) is 0.802. The van der Waals surface area contributed by atoms with E-state index in [1.165, 1.54) is 20.2 Å². The van der Waals surface area contributed by atoms with Gasteiger partial charge in [-0.2, -0.15) is 5.26 Å². The van der Waals surface area contributed by atoms with Gasteiger partial charge in [0.2, 0.25) is 10.0 Å². The number of benzene rings is 1. The number of rotatable bonds is 6. The van der Waals surface area contributed by atoms with Crippen LogP contribution in [0.2, 0.25) is 0 Å². The smallest absolute Gasteiger partial charge is 0.244 e. The maximum absolute atomic E-state index is 12.3. The van der Waals surface area contributed by atoms with Crippen LogP contribution in [-0.4, -0.2) is 39.4 Å². The Kier molecular flexibility index (Phi) is 4.40. The van der Waals surface area contributed by atoms with Crippen LogP contribution in [0.3, 0.4) is 0 Å². The Balaban J connectivity index is 2.44. The molecule has 0 spiro atoms. The first-order valence-corrected chi connectivity index (χ1v) is 8.28. The molecule has 0 bridgehead atoms. The SMILES string of the molecule is CN(C)S(=O)(=O)c1cccc(N(CCC#N)C2CC2)c1N. The summed E-state index contributed by atoms with van der Waals surface area (Å²) < 4.78 is 25.8. The number of sulfonamides is 1. The van der Waals surface area contributed by atoms with Crippen LogP contribution in [0.25, 0.3) is 0 Å². The molecule has 0 unspecified atom stereocenters. The number of anilines is 2. The number of nitrogens with zero attached hydrogens (tertiary/aromatic N) is 3. The number of hydrogen-bond donors (Lipinski definition) is 1. The van der Waals surface area contributed by atoms with E-state index >= 15 is 0 Å². The molecule has 1 aromatic rings. The number of para-hydroxylation sites is 1. The minimum Gasteiger partial charge on any atom is -0.396 e. The fraction of sp³-hybridized carbons (Fsp3) is 0.500. The van der Waals surface area contributed by atoms with Crippen molar-refractivity contribution in [3.8, 4) is 6.07 Å². The summed E-state index contributed by atoms with van der Waals surface area (Å²) >= 11 is 0. The summed E-state index contributed by atoms with van der Waals surface area (Å²) in [6, 6.07) is 7.52. The predicted molar refractivity (Wildman–Crippen MR) is 82.3 cm³/mol. The van der Waals surface area contributed by atoms with Crippen LogP contribution >= 0.6 is 0 Å². The van der Waals surface area contributed by atoms with E-state index in [0.717, 1.165) is 17.1 Å². The summed E-state index contributed by atoms with van der Waals surface area (Å²) in [4.78, 5) is 2.17. The van der Waals surface area contributed by atoms with Crippen molar-refractivity contribution in [2.24, 2.45) is 0 Å². The first-order chi connectivity index (χ1) is 9.89. The maximum Gasteiger partial charge on any atom is 0.244 e. The summed E-state index contributed by atoms with van der Waals surface area (Å²) in [5, 5.41) is 8.78. The zero-order valence-electron chi connectivity index (χ0n) is 12.3. The minimum atomic E-state index is -3.57. The summed E-state index contributed by atoms with van der Waals surface area (Å²) in [6.45, 7) is 0.566. The highest BCUT2D eigenvalue weighted by Gasteiger charge is 2.31. The first-order valence-electron chi connectivity index (χ1n) is 6.84. The van der Waals surface area contributed by atoms with Crippen molar-refractivity contribution >= 4 is 21.4 Å². The average Bonchev–Trinajstić information content (AvgIpc) is 3.25. The number of nitrogens with two attached hydrogens (primary N) is 1. The summed E-state index contributed by atoms with van der Waals surface area (Å²) in [6.07, 6.45) is 2.49. The second-order valence-electron chi connectivity index (χ2n) is 5.31. The zero-order chi connectivity index (χ0) is 15.6. The van der Waals surface area contributed by atoms with Crippen molar-refractivity contribution < 1.29 is 8.42 Å². The number of nitriles is 1. The average molecular weight is 308 g/mol. The van der Waals surface area contributed by atoms with Crippen LogP contribution in [-0.2, 0) is 10.0 Å². The van der Waals surface area contributed by atoms with Crippen molar-refractivity contribution in [1.29, 1.82) is 5.26 Å². The topological polar surface area (TPSA) is 90.4 Å². The van der Waals surface area contributed by atoms with Gasteiger partial charge in [-0.3, -0.25) is 0 Å². The third-order valence-electron chi connectivity index (χ3n) is 3.56. The molecule has 114 valence electrons. The van der Waals surface area contributed by atoms with Gasteiger partial charge in [0.05, 0.1) is 23.9 Å². The standard InChI is InChI=1S/C14H20N4O2S/c1-17(2)21(19,20)13-6-3-5-12(14(13)16)18(10-4-9-15)11-7-8-11/h3,5-6,11H,4,7-8,10,16H2,1-2H3. The Morgan fingerprint density at radius 1 is 1.38 bits per heavy atom. The van der Waals surface area contributed by atoms with E-state index in [1.54, 1.807) is 6.07 Å². The largest absolute Gasteiger partial charge is 0.396 e. The summed E-state index contributed by atoms with van der Waals surface area (Å²) in [5.41, 5.74) is 7.08. The molecule has 0 saturated heterocycles. The monoisotopic (exact) mass is 308 g/mol. The second-order valence-corrected chi connectivity index (χ2v) is 7.43. The third-order valence-corrected chi connectivity index (χ3v) is 5.44. The van der Waals surface area contributed by atoms with Gasteiger partial charge in [-0.25, -0.2) is 12.7 Å². The lowest BCUT2D eigenvalue weighted by Crippen LogP contribution is -2.29. The molecule has 0 amide bonds. The van der Waals surface area contributed by atoms with Gasteiger partial charge in [0.25, 0.3) is 0 Å². The Hall–Kier alpha value is -1.78. The van der Waals surface area contributed by atoms with Gasteiger partial charge < -0.3 is 10.6 Å². The highest BCUT2D eigenvalue weighted by atomic mass is 32.2. The lowest BCUT2D eigenvalue weighted by Gasteiger charge is -2.26. The number of hydrogen-bond acceptors (Lipinski definition) is 5.